The molecule has 32 heavy (non-hydrogen) atoms. The number of nitrogens with two attached hydrogens (primary N) is 1. The van der Waals surface area contributed by atoms with Crippen molar-refractivity contribution in [2.45, 2.75) is 75.5 Å². The average Bonchev–Trinajstić information content (AvgIpc) is 3.15. The lowest BCUT2D eigenvalue weighted by molar-refractivity contribution is -0.305. The largest absolute Gasteiger partial charge is 0.550 e. The van der Waals surface area contributed by atoms with Crippen LogP contribution < -0.4 is 26.8 Å². The van der Waals surface area contributed by atoms with E-state index in [2.05, 4.69) is 16.0 Å². The maximum absolute atomic E-state index is 12.9. The van der Waals surface area contributed by atoms with E-state index >= 15 is 0 Å². The molecule has 0 bridgehead atoms. The van der Waals surface area contributed by atoms with Crippen molar-refractivity contribution in [3.63, 3.8) is 0 Å². The second kappa shape index (κ2) is 12.5. The van der Waals surface area contributed by atoms with E-state index in [1.807, 2.05) is 0 Å². The van der Waals surface area contributed by atoms with Crippen molar-refractivity contribution in [1.29, 1.82) is 0 Å². The highest BCUT2D eigenvalue weighted by atomic mass is 32.2. The number of carboxylic acids is 1. The molecule has 1 saturated heterocycles. The van der Waals surface area contributed by atoms with Gasteiger partial charge in [0.1, 0.15) is 12.1 Å². The van der Waals surface area contributed by atoms with Crippen molar-refractivity contribution in [3.8, 4) is 0 Å². The lowest BCUT2D eigenvalue weighted by Crippen LogP contribution is -2.52. The number of carboxylic acid groups (broad SMARTS) is 1. The molecule has 0 aromatic rings. The summed E-state index contributed by atoms with van der Waals surface area (Å²) >= 11 is 1.31. The minimum atomic E-state index is -1.36. The minimum Gasteiger partial charge on any atom is -0.550 e. The predicted octanol–water partition coefficient (Wildman–Crippen LogP) is -1.55. The Balaban J connectivity index is 2.01. The molecular weight excluding hydrogens is 438 g/mol. The van der Waals surface area contributed by atoms with Crippen LogP contribution in [0.2, 0.25) is 0 Å². The normalized spacial score (nSPS) is 22.1. The summed E-state index contributed by atoms with van der Waals surface area (Å²) in [5, 5.41) is 18.9. The highest BCUT2D eigenvalue weighted by molar-refractivity contribution is 7.99. The standard InChI is InChI=1S/C20H33N5O6S/c1-32-11-16(26)25-10-13(23-20(31)22-12-5-3-2-4-6-12)9-15(25)19(30)24-14(18(21)29)7-8-17(27)28/h12-15H,2-11H2,1H3,(H2,21,29)(H,24,30)(H,27,28)(H2,22,23,31)/p-1/t13-,14-,15-/m0/s1. The topological polar surface area (TPSA) is 174 Å². The molecule has 1 aliphatic heterocycles. The number of primary amides is 1. The van der Waals surface area contributed by atoms with Crippen molar-refractivity contribution in [2.75, 3.05) is 18.6 Å². The zero-order chi connectivity index (χ0) is 23.7. The number of amides is 5. The fourth-order valence-electron chi connectivity index (χ4n) is 4.15. The number of likely N-dealkylation sites (tertiary alicyclic amines) is 1. The Bertz CT molecular complexity index is 715. The fourth-order valence-corrected chi connectivity index (χ4v) is 4.56. The highest BCUT2D eigenvalue weighted by Gasteiger charge is 2.40. The molecule has 0 radical (unpaired) electrons. The summed E-state index contributed by atoms with van der Waals surface area (Å²) in [4.78, 5) is 61.5. The molecule has 11 nitrogen and oxygen atoms in total. The van der Waals surface area contributed by atoms with E-state index in [1.54, 1.807) is 6.26 Å². The van der Waals surface area contributed by atoms with Gasteiger partial charge in [0.15, 0.2) is 0 Å². The zero-order valence-electron chi connectivity index (χ0n) is 18.3. The van der Waals surface area contributed by atoms with Gasteiger partial charge in [-0.1, -0.05) is 19.3 Å². The van der Waals surface area contributed by atoms with Crippen molar-refractivity contribution >= 4 is 41.5 Å². The van der Waals surface area contributed by atoms with Crippen LogP contribution in [0.3, 0.4) is 0 Å². The number of rotatable bonds is 10. The molecular formula is C20H32N5O6S-. The number of nitrogens with one attached hydrogen (secondary N) is 3. The van der Waals surface area contributed by atoms with Gasteiger partial charge in [0.05, 0.1) is 11.8 Å². The first-order chi connectivity index (χ1) is 15.2. The molecule has 5 N–H and O–H groups in total. The van der Waals surface area contributed by atoms with Crippen LogP contribution in [0, 0.1) is 0 Å². The van der Waals surface area contributed by atoms with Gasteiger partial charge in [0, 0.05) is 18.6 Å². The average molecular weight is 471 g/mol. The Labute approximate surface area is 191 Å². The third-order valence-electron chi connectivity index (χ3n) is 5.76. The number of carbonyl (C=O) groups excluding carboxylic acids is 5. The summed E-state index contributed by atoms with van der Waals surface area (Å²) in [6.45, 7) is 0.163. The maximum atomic E-state index is 12.9. The van der Waals surface area contributed by atoms with Crippen molar-refractivity contribution in [3.05, 3.63) is 0 Å². The van der Waals surface area contributed by atoms with Crippen LogP contribution in [0.25, 0.3) is 0 Å². The van der Waals surface area contributed by atoms with Gasteiger partial charge in [-0.2, -0.15) is 11.8 Å². The Morgan fingerprint density at radius 3 is 2.34 bits per heavy atom. The van der Waals surface area contributed by atoms with Gasteiger partial charge >= 0.3 is 6.03 Å². The smallest absolute Gasteiger partial charge is 0.315 e. The number of nitrogens with zero attached hydrogens (tertiary/aromatic N) is 1. The Morgan fingerprint density at radius 1 is 1.09 bits per heavy atom. The van der Waals surface area contributed by atoms with E-state index in [-0.39, 0.29) is 43.1 Å². The van der Waals surface area contributed by atoms with E-state index in [4.69, 9.17) is 5.73 Å². The summed E-state index contributed by atoms with van der Waals surface area (Å²) < 4.78 is 0. The Kier molecular flexibility index (Phi) is 10.1. The molecule has 3 atom stereocenters. The molecule has 2 aliphatic rings. The number of aliphatic carboxylic acids is 1. The van der Waals surface area contributed by atoms with Gasteiger partial charge in [0.2, 0.25) is 17.7 Å². The second-order valence-electron chi connectivity index (χ2n) is 8.25. The van der Waals surface area contributed by atoms with Crippen LogP contribution in [0.1, 0.15) is 51.4 Å². The quantitative estimate of drug-likeness (QED) is 0.299. The monoisotopic (exact) mass is 470 g/mol. The van der Waals surface area contributed by atoms with Gasteiger partial charge in [0.25, 0.3) is 0 Å². The van der Waals surface area contributed by atoms with Crippen molar-refractivity contribution in [1.82, 2.24) is 20.9 Å². The molecule has 0 unspecified atom stereocenters. The Hall–Kier alpha value is -2.50. The zero-order valence-corrected chi connectivity index (χ0v) is 19.1. The van der Waals surface area contributed by atoms with E-state index in [9.17, 15) is 29.1 Å². The lowest BCUT2D eigenvalue weighted by Gasteiger charge is -2.25. The van der Waals surface area contributed by atoms with Crippen LogP contribution in [0.4, 0.5) is 4.79 Å². The summed E-state index contributed by atoms with van der Waals surface area (Å²) in [7, 11) is 0. The first-order valence-electron chi connectivity index (χ1n) is 10.9. The minimum absolute atomic E-state index is 0.124. The molecule has 1 saturated carbocycles. The van der Waals surface area contributed by atoms with E-state index in [1.165, 1.54) is 23.1 Å². The molecule has 12 heteroatoms. The fraction of sp³-hybridized carbons (Fsp3) is 0.750. The molecule has 0 aromatic carbocycles. The van der Waals surface area contributed by atoms with Gasteiger partial charge in [-0.3, -0.25) is 14.4 Å². The lowest BCUT2D eigenvalue weighted by atomic mass is 9.96. The Morgan fingerprint density at radius 2 is 1.75 bits per heavy atom. The second-order valence-corrected chi connectivity index (χ2v) is 9.12. The predicted molar refractivity (Wildman–Crippen MR) is 116 cm³/mol. The van der Waals surface area contributed by atoms with Gasteiger partial charge in [-0.05, 0) is 38.4 Å². The van der Waals surface area contributed by atoms with Crippen LogP contribution in [0.15, 0.2) is 0 Å². The highest BCUT2D eigenvalue weighted by Crippen LogP contribution is 2.21. The maximum Gasteiger partial charge on any atom is 0.315 e. The summed E-state index contributed by atoms with van der Waals surface area (Å²) in [5.41, 5.74) is 5.28. The van der Waals surface area contributed by atoms with E-state index in [0.29, 0.717) is 0 Å². The summed E-state index contributed by atoms with van der Waals surface area (Å²) in [5.74, 6) is -2.95. The number of thioether (sulfide) groups is 1. The summed E-state index contributed by atoms with van der Waals surface area (Å²) in [6.07, 6.45) is 6.47. The van der Waals surface area contributed by atoms with Crippen LogP contribution in [0.5, 0.6) is 0 Å². The van der Waals surface area contributed by atoms with E-state index in [0.717, 1.165) is 25.7 Å². The van der Waals surface area contributed by atoms with Gasteiger partial charge in [-0.25, -0.2) is 4.79 Å². The molecule has 1 heterocycles. The van der Waals surface area contributed by atoms with Crippen LogP contribution in [-0.4, -0.2) is 77.3 Å². The third kappa shape index (κ3) is 7.88. The number of urea groups is 1. The molecule has 0 aromatic heterocycles. The molecule has 1 aliphatic carbocycles. The van der Waals surface area contributed by atoms with Crippen molar-refractivity contribution in [2.24, 2.45) is 5.73 Å². The molecule has 180 valence electrons. The number of carbonyl (C=O) groups is 5. The third-order valence-corrected chi connectivity index (χ3v) is 6.30. The number of hydrogen-bond acceptors (Lipinski definition) is 7. The van der Waals surface area contributed by atoms with Crippen LogP contribution in [-0.2, 0) is 19.2 Å². The first-order valence-corrected chi connectivity index (χ1v) is 12.3. The SMILES string of the molecule is CSCC(=O)N1C[C@@H](NC(=O)NC2CCCCC2)C[C@H]1C(=O)N[C@@H](CCC(=O)[O-])C(N)=O. The summed E-state index contributed by atoms with van der Waals surface area (Å²) in [6, 6.07) is -2.74. The molecule has 0 spiro atoms. The first kappa shape index (κ1) is 25.8. The van der Waals surface area contributed by atoms with Gasteiger partial charge in [-0.15, -0.1) is 0 Å². The molecule has 2 fully saturated rings. The molecule has 2 rings (SSSR count). The van der Waals surface area contributed by atoms with Gasteiger partial charge < -0.3 is 36.5 Å². The van der Waals surface area contributed by atoms with Crippen LogP contribution >= 0.6 is 11.8 Å². The number of hydrogen-bond donors (Lipinski definition) is 4. The van der Waals surface area contributed by atoms with Crippen molar-refractivity contribution < 1.29 is 29.1 Å². The molecule has 5 amide bonds. The van der Waals surface area contributed by atoms with E-state index < -0.39 is 42.3 Å².